The number of ether oxygens (including phenoxy) is 1. The molecule has 0 aromatic rings. The van der Waals surface area contributed by atoms with Gasteiger partial charge >= 0.3 is 0 Å². The van der Waals surface area contributed by atoms with Gasteiger partial charge in [0.05, 0.1) is 12.2 Å². The summed E-state index contributed by atoms with van der Waals surface area (Å²) in [7, 11) is 1.82. The first-order valence-electron chi connectivity index (χ1n) is 4.10. The quantitative estimate of drug-likeness (QED) is 0.534. The Bertz CT molecular complexity index is 188. The van der Waals surface area contributed by atoms with Gasteiger partial charge in [0.2, 0.25) is 5.91 Å². The van der Waals surface area contributed by atoms with E-state index in [1.54, 1.807) is 0 Å². The van der Waals surface area contributed by atoms with Gasteiger partial charge in [0.15, 0.2) is 0 Å². The summed E-state index contributed by atoms with van der Waals surface area (Å²) in [5.74, 6) is -0.260. The molecule has 0 rings (SSSR count). The van der Waals surface area contributed by atoms with E-state index in [0.717, 1.165) is 0 Å². The molecule has 0 spiro atoms. The zero-order valence-electron chi connectivity index (χ0n) is 7.96. The lowest BCUT2D eigenvalue weighted by atomic mass is 10.4. The molecule has 1 amide bonds. The van der Waals surface area contributed by atoms with Crippen LogP contribution in [-0.4, -0.2) is 38.8 Å². The van der Waals surface area contributed by atoms with Crippen molar-refractivity contribution in [3.8, 4) is 6.07 Å². The monoisotopic (exact) mass is 185 g/mol. The van der Waals surface area contributed by atoms with E-state index in [9.17, 15) is 4.79 Å². The fourth-order valence-corrected chi connectivity index (χ4v) is 0.753. The molecular formula is C8H15N3O2. The van der Waals surface area contributed by atoms with Gasteiger partial charge in [-0.15, -0.1) is 0 Å². The van der Waals surface area contributed by atoms with Crippen LogP contribution in [0.1, 0.15) is 6.92 Å². The Balaban J connectivity index is 3.41. The number of nitrogens with one attached hydrogen (secondary N) is 2. The Morgan fingerprint density at radius 1 is 1.69 bits per heavy atom. The molecule has 74 valence electrons. The smallest absolute Gasteiger partial charge is 0.246 e. The van der Waals surface area contributed by atoms with Crippen LogP contribution < -0.4 is 10.6 Å². The number of hydrogen-bond donors (Lipinski definition) is 2. The fourth-order valence-electron chi connectivity index (χ4n) is 0.753. The van der Waals surface area contributed by atoms with Crippen molar-refractivity contribution in [3.63, 3.8) is 0 Å². The maximum atomic E-state index is 10.9. The molecule has 5 nitrogen and oxygen atoms in total. The van der Waals surface area contributed by atoms with Crippen LogP contribution in [0.5, 0.6) is 0 Å². The van der Waals surface area contributed by atoms with Crippen LogP contribution in [0.3, 0.4) is 0 Å². The third-order valence-electron chi connectivity index (χ3n) is 1.36. The van der Waals surface area contributed by atoms with Crippen molar-refractivity contribution in [1.82, 2.24) is 10.6 Å². The van der Waals surface area contributed by atoms with Crippen LogP contribution in [0.15, 0.2) is 0 Å². The Morgan fingerprint density at radius 3 is 2.92 bits per heavy atom. The molecule has 5 heteroatoms. The van der Waals surface area contributed by atoms with Gasteiger partial charge in [-0.2, -0.15) is 5.26 Å². The number of carbonyl (C=O) groups is 1. The average Bonchev–Trinajstić information content (AvgIpc) is 2.12. The minimum absolute atomic E-state index is 0.00200. The highest BCUT2D eigenvalue weighted by Crippen LogP contribution is 1.87. The normalized spacial score (nSPS) is 11.8. The molecule has 0 aromatic heterocycles. The molecule has 13 heavy (non-hydrogen) atoms. The van der Waals surface area contributed by atoms with Crippen molar-refractivity contribution in [2.75, 3.05) is 26.7 Å². The predicted octanol–water partition coefficient (Wildman–Crippen LogP) is -0.749. The maximum Gasteiger partial charge on any atom is 0.246 e. The first kappa shape index (κ1) is 11.9. The van der Waals surface area contributed by atoms with E-state index >= 15 is 0 Å². The third-order valence-corrected chi connectivity index (χ3v) is 1.36. The molecule has 1 unspecified atom stereocenters. The molecular weight excluding hydrogens is 170 g/mol. The van der Waals surface area contributed by atoms with Crippen LogP contribution in [0.25, 0.3) is 0 Å². The minimum atomic E-state index is -0.260. The second-order valence-corrected chi connectivity index (χ2v) is 2.61. The lowest BCUT2D eigenvalue weighted by Gasteiger charge is -2.11. The summed E-state index contributed by atoms with van der Waals surface area (Å²) in [4.78, 5) is 10.9. The van der Waals surface area contributed by atoms with Gasteiger partial charge in [-0.3, -0.25) is 4.79 Å². The number of hydrogen-bond acceptors (Lipinski definition) is 4. The molecule has 0 saturated carbocycles. The van der Waals surface area contributed by atoms with Crippen LogP contribution in [0, 0.1) is 11.3 Å². The Labute approximate surface area is 78.1 Å². The second kappa shape index (κ2) is 7.53. The number of rotatable bonds is 6. The number of likely N-dealkylation sites (N-methyl/N-ethyl adjacent to an activating group) is 1. The summed E-state index contributed by atoms with van der Waals surface area (Å²) in [6.45, 7) is 2.60. The topological polar surface area (TPSA) is 74.2 Å². The SMILES string of the molecule is CNCC(C)OCC(=O)NCC#N. The zero-order valence-corrected chi connectivity index (χ0v) is 7.96. The lowest BCUT2D eigenvalue weighted by molar-refractivity contribution is -0.127. The molecule has 1 atom stereocenters. The zero-order chi connectivity index (χ0) is 10.1. The van der Waals surface area contributed by atoms with E-state index in [-0.39, 0.29) is 25.2 Å². The van der Waals surface area contributed by atoms with Gasteiger partial charge in [0, 0.05) is 6.54 Å². The summed E-state index contributed by atoms with van der Waals surface area (Å²) in [5, 5.41) is 13.5. The highest BCUT2D eigenvalue weighted by Gasteiger charge is 2.04. The van der Waals surface area contributed by atoms with Crippen molar-refractivity contribution < 1.29 is 9.53 Å². The lowest BCUT2D eigenvalue weighted by Crippen LogP contribution is -2.32. The largest absolute Gasteiger partial charge is 0.367 e. The second-order valence-electron chi connectivity index (χ2n) is 2.61. The number of carbonyl (C=O) groups excluding carboxylic acids is 1. The molecule has 0 aliphatic rings. The van der Waals surface area contributed by atoms with Crippen LogP contribution >= 0.6 is 0 Å². The number of nitriles is 1. The van der Waals surface area contributed by atoms with Gasteiger partial charge < -0.3 is 15.4 Å². The first-order chi connectivity index (χ1) is 6.20. The van der Waals surface area contributed by atoms with Gasteiger partial charge in [-0.1, -0.05) is 0 Å². The maximum absolute atomic E-state index is 10.9. The molecule has 0 radical (unpaired) electrons. The van der Waals surface area contributed by atoms with Crippen molar-refractivity contribution in [2.24, 2.45) is 0 Å². The van der Waals surface area contributed by atoms with Crippen LogP contribution in [0.2, 0.25) is 0 Å². The van der Waals surface area contributed by atoms with Crippen molar-refractivity contribution in [3.05, 3.63) is 0 Å². The minimum Gasteiger partial charge on any atom is -0.367 e. The van der Waals surface area contributed by atoms with Gasteiger partial charge in [0.25, 0.3) is 0 Å². The standard InChI is InChI=1S/C8H15N3O2/c1-7(5-10-2)13-6-8(12)11-4-3-9/h7,10H,4-6H2,1-2H3,(H,11,12). The van der Waals surface area contributed by atoms with E-state index in [1.165, 1.54) is 0 Å². The van der Waals surface area contributed by atoms with Crippen LogP contribution in [-0.2, 0) is 9.53 Å². The summed E-state index contributed by atoms with van der Waals surface area (Å²) < 4.78 is 5.16. The first-order valence-corrected chi connectivity index (χ1v) is 4.10. The van der Waals surface area contributed by atoms with E-state index < -0.39 is 0 Å². The highest BCUT2D eigenvalue weighted by molar-refractivity contribution is 5.77. The van der Waals surface area contributed by atoms with Gasteiger partial charge in [-0.25, -0.2) is 0 Å². The summed E-state index contributed by atoms with van der Waals surface area (Å²) in [6, 6.07) is 1.81. The van der Waals surface area contributed by atoms with E-state index in [0.29, 0.717) is 6.54 Å². The molecule has 0 heterocycles. The number of nitrogens with zero attached hydrogens (tertiary/aromatic N) is 1. The summed E-state index contributed by atoms with van der Waals surface area (Å²) in [6.07, 6.45) is -0.00200. The van der Waals surface area contributed by atoms with Gasteiger partial charge in [-0.05, 0) is 14.0 Å². The molecule has 0 aliphatic carbocycles. The molecule has 2 N–H and O–H groups in total. The molecule has 0 bridgehead atoms. The summed E-state index contributed by atoms with van der Waals surface area (Å²) in [5.41, 5.74) is 0. The van der Waals surface area contributed by atoms with Crippen molar-refractivity contribution >= 4 is 5.91 Å². The average molecular weight is 185 g/mol. The highest BCUT2D eigenvalue weighted by atomic mass is 16.5. The fraction of sp³-hybridized carbons (Fsp3) is 0.750. The van der Waals surface area contributed by atoms with Gasteiger partial charge in [0.1, 0.15) is 13.2 Å². The summed E-state index contributed by atoms with van der Waals surface area (Å²) >= 11 is 0. The van der Waals surface area contributed by atoms with E-state index in [1.807, 2.05) is 20.0 Å². The Kier molecular flexibility index (Phi) is 6.88. The molecule has 0 saturated heterocycles. The number of amides is 1. The predicted molar refractivity (Wildman–Crippen MR) is 48.0 cm³/mol. The molecule has 0 fully saturated rings. The molecule has 0 aromatic carbocycles. The molecule has 0 aliphatic heterocycles. The Hall–Kier alpha value is -1.12. The third kappa shape index (κ3) is 7.25. The van der Waals surface area contributed by atoms with E-state index in [2.05, 4.69) is 10.6 Å². The van der Waals surface area contributed by atoms with Crippen LogP contribution in [0.4, 0.5) is 0 Å². The van der Waals surface area contributed by atoms with Crippen molar-refractivity contribution in [2.45, 2.75) is 13.0 Å². The Morgan fingerprint density at radius 2 is 2.38 bits per heavy atom. The van der Waals surface area contributed by atoms with Crippen molar-refractivity contribution in [1.29, 1.82) is 5.26 Å². The van der Waals surface area contributed by atoms with E-state index in [4.69, 9.17) is 10.00 Å².